The number of aliphatic hydroxyl groups is 1. The van der Waals surface area contributed by atoms with E-state index in [-0.39, 0.29) is 11.8 Å². The number of para-hydroxylation sites is 1. The quantitative estimate of drug-likeness (QED) is 0.805. The zero-order valence-corrected chi connectivity index (χ0v) is 11.9. The minimum Gasteiger partial charge on any atom is -0.504 e. The molecule has 0 bridgehead atoms. The first-order valence-electron chi connectivity index (χ1n) is 7.05. The van der Waals surface area contributed by atoms with E-state index in [2.05, 4.69) is 5.32 Å². The van der Waals surface area contributed by atoms with Crippen molar-refractivity contribution >= 4 is 0 Å². The van der Waals surface area contributed by atoms with E-state index in [1.54, 1.807) is 6.07 Å². The molecule has 2 atom stereocenters. The van der Waals surface area contributed by atoms with Crippen LogP contribution in [0.25, 0.3) is 0 Å². The molecule has 2 aromatic rings. The van der Waals surface area contributed by atoms with E-state index in [1.165, 1.54) is 12.7 Å². The molecule has 1 aliphatic rings. The van der Waals surface area contributed by atoms with Gasteiger partial charge in [-0.1, -0.05) is 36.4 Å². The average molecular weight is 285 g/mol. The van der Waals surface area contributed by atoms with Gasteiger partial charge in [0.2, 0.25) is 0 Å². The van der Waals surface area contributed by atoms with Gasteiger partial charge in [-0.2, -0.15) is 0 Å². The largest absolute Gasteiger partial charge is 0.504 e. The lowest BCUT2D eigenvalue weighted by atomic mass is 10.1. The third kappa shape index (κ3) is 2.60. The van der Waals surface area contributed by atoms with E-state index < -0.39 is 6.10 Å². The highest BCUT2D eigenvalue weighted by Gasteiger charge is 2.30. The Morgan fingerprint density at radius 2 is 2.00 bits per heavy atom. The Bertz CT molecular complexity index is 642. The van der Waals surface area contributed by atoms with Gasteiger partial charge in [0.05, 0.1) is 19.3 Å². The smallest absolute Gasteiger partial charge is 0.162 e. The highest BCUT2D eigenvalue weighted by atomic mass is 16.5. The summed E-state index contributed by atoms with van der Waals surface area (Å²) in [5.41, 5.74) is 3.07. The Labute approximate surface area is 124 Å². The predicted molar refractivity (Wildman–Crippen MR) is 80.4 cm³/mol. The zero-order valence-electron chi connectivity index (χ0n) is 11.9. The fourth-order valence-electron chi connectivity index (χ4n) is 2.91. The van der Waals surface area contributed by atoms with Gasteiger partial charge < -0.3 is 20.3 Å². The number of hydrogen-bond donors (Lipinski definition) is 3. The van der Waals surface area contributed by atoms with E-state index >= 15 is 0 Å². The van der Waals surface area contributed by atoms with Crippen LogP contribution < -0.4 is 10.1 Å². The van der Waals surface area contributed by atoms with Crippen LogP contribution in [0.2, 0.25) is 0 Å². The van der Waals surface area contributed by atoms with Crippen molar-refractivity contribution in [2.75, 3.05) is 7.11 Å². The highest BCUT2D eigenvalue weighted by molar-refractivity contribution is 5.45. The summed E-state index contributed by atoms with van der Waals surface area (Å²) in [7, 11) is 1.53. The molecule has 0 radical (unpaired) electrons. The number of phenolic OH excluding ortho intramolecular Hbond substituents is 1. The fraction of sp³-hybridized carbons (Fsp3) is 0.294. The van der Waals surface area contributed by atoms with E-state index in [9.17, 15) is 10.2 Å². The third-order valence-corrected chi connectivity index (χ3v) is 4.02. The van der Waals surface area contributed by atoms with E-state index in [4.69, 9.17) is 4.74 Å². The molecule has 3 N–H and O–H groups in total. The molecule has 0 heterocycles. The van der Waals surface area contributed by atoms with E-state index in [0.717, 1.165) is 11.1 Å². The molecular weight excluding hydrogens is 266 g/mol. The summed E-state index contributed by atoms with van der Waals surface area (Å²) in [6.07, 6.45) is 0.230. The highest BCUT2D eigenvalue weighted by Crippen LogP contribution is 2.33. The van der Waals surface area contributed by atoms with Crippen LogP contribution in [-0.2, 0) is 13.0 Å². The van der Waals surface area contributed by atoms with Crippen LogP contribution in [0.3, 0.4) is 0 Å². The molecule has 0 saturated heterocycles. The van der Waals surface area contributed by atoms with Crippen molar-refractivity contribution in [2.45, 2.75) is 25.1 Å². The minimum absolute atomic E-state index is 0.105. The van der Waals surface area contributed by atoms with Gasteiger partial charge in [-0.25, -0.2) is 0 Å². The number of aliphatic hydroxyl groups excluding tert-OH is 1. The molecule has 0 aliphatic heterocycles. The number of ether oxygens (including phenoxy) is 1. The molecule has 3 rings (SSSR count). The SMILES string of the molecule is COc1cccc(CN[C@@H]2c3ccccc3C[C@@H]2O)c1O. The maximum atomic E-state index is 10.2. The second-order valence-corrected chi connectivity index (χ2v) is 5.30. The molecule has 0 spiro atoms. The molecule has 0 amide bonds. The van der Waals surface area contributed by atoms with E-state index in [0.29, 0.717) is 18.7 Å². The van der Waals surface area contributed by atoms with Gasteiger partial charge in [-0.05, 0) is 17.2 Å². The van der Waals surface area contributed by atoms with Crippen LogP contribution in [-0.4, -0.2) is 23.4 Å². The first kappa shape index (κ1) is 13.9. The minimum atomic E-state index is -0.435. The normalized spacial score (nSPS) is 20.3. The van der Waals surface area contributed by atoms with Gasteiger partial charge >= 0.3 is 0 Å². The summed E-state index contributed by atoms with van der Waals surface area (Å²) in [4.78, 5) is 0. The fourth-order valence-corrected chi connectivity index (χ4v) is 2.91. The number of benzene rings is 2. The molecule has 0 fully saturated rings. The summed E-state index contributed by atoms with van der Waals surface area (Å²) in [6, 6.07) is 13.4. The summed E-state index contributed by atoms with van der Waals surface area (Å²) >= 11 is 0. The van der Waals surface area contributed by atoms with Gasteiger partial charge in [0.1, 0.15) is 0 Å². The Balaban J connectivity index is 1.77. The molecule has 110 valence electrons. The van der Waals surface area contributed by atoms with Gasteiger partial charge in [0.25, 0.3) is 0 Å². The number of rotatable bonds is 4. The third-order valence-electron chi connectivity index (χ3n) is 4.02. The van der Waals surface area contributed by atoms with Gasteiger partial charge in [-0.15, -0.1) is 0 Å². The maximum absolute atomic E-state index is 10.2. The maximum Gasteiger partial charge on any atom is 0.162 e. The Morgan fingerprint density at radius 3 is 2.81 bits per heavy atom. The Hall–Kier alpha value is -2.04. The first-order valence-corrected chi connectivity index (χ1v) is 7.05. The van der Waals surface area contributed by atoms with Crippen LogP contribution in [0.5, 0.6) is 11.5 Å². The van der Waals surface area contributed by atoms with Crippen molar-refractivity contribution in [3.8, 4) is 11.5 Å². The van der Waals surface area contributed by atoms with Crippen molar-refractivity contribution in [2.24, 2.45) is 0 Å². The lowest BCUT2D eigenvalue weighted by Gasteiger charge is -2.18. The Morgan fingerprint density at radius 1 is 1.19 bits per heavy atom. The van der Waals surface area contributed by atoms with Crippen LogP contribution in [0.15, 0.2) is 42.5 Å². The topological polar surface area (TPSA) is 61.7 Å². The lowest BCUT2D eigenvalue weighted by Crippen LogP contribution is -2.28. The molecule has 0 unspecified atom stereocenters. The first-order chi connectivity index (χ1) is 10.2. The number of aromatic hydroxyl groups is 1. The molecule has 2 aromatic carbocycles. The molecule has 0 aromatic heterocycles. The number of fused-ring (bicyclic) bond motifs is 1. The van der Waals surface area contributed by atoms with Gasteiger partial charge in [-0.3, -0.25) is 0 Å². The van der Waals surface area contributed by atoms with Crippen molar-refractivity contribution in [1.29, 1.82) is 0 Å². The van der Waals surface area contributed by atoms with Crippen molar-refractivity contribution in [3.05, 3.63) is 59.2 Å². The number of nitrogens with one attached hydrogen (secondary N) is 1. The van der Waals surface area contributed by atoms with Crippen molar-refractivity contribution < 1.29 is 14.9 Å². The van der Waals surface area contributed by atoms with Crippen LogP contribution in [0.1, 0.15) is 22.7 Å². The lowest BCUT2D eigenvalue weighted by molar-refractivity contribution is 0.140. The van der Waals surface area contributed by atoms with Gasteiger partial charge in [0.15, 0.2) is 11.5 Å². The molecule has 4 heteroatoms. The predicted octanol–water partition coefficient (Wildman–Crippen LogP) is 2.15. The van der Waals surface area contributed by atoms with Crippen LogP contribution in [0.4, 0.5) is 0 Å². The number of hydrogen-bond acceptors (Lipinski definition) is 4. The summed E-state index contributed by atoms with van der Waals surface area (Å²) in [5.74, 6) is 0.606. The summed E-state index contributed by atoms with van der Waals surface area (Å²) in [5, 5.41) is 23.6. The number of methoxy groups -OCH3 is 1. The van der Waals surface area contributed by atoms with Crippen LogP contribution in [0, 0.1) is 0 Å². The van der Waals surface area contributed by atoms with Crippen molar-refractivity contribution in [1.82, 2.24) is 5.32 Å². The van der Waals surface area contributed by atoms with Crippen molar-refractivity contribution in [3.63, 3.8) is 0 Å². The molecule has 1 aliphatic carbocycles. The molecule has 0 saturated carbocycles. The second-order valence-electron chi connectivity index (χ2n) is 5.30. The summed E-state index contributed by atoms with van der Waals surface area (Å²) < 4.78 is 5.11. The second kappa shape index (κ2) is 5.76. The van der Waals surface area contributed by atoms with E-state index in [1.807, 2.05) is 36.4 Å². The zero-order chi connectivity index (χ0) is 14.8. The summed E-state index contributed by atoms with van der Waals surface area (Å²) in [6.45, 7) is 0.471. The average Bonchev–Trinajstić information content (AvgIpc) is 2.82. The monoisotopic (exact) mass is 285 g/mol. The Kier molecular flexibility index (Phi) is 3.82. The van der Waals surface area contributed by atoms with Gasteiger partial charge in [0, 0.05) is 18.5 Å². The molecule has 4 nitrogen and oxygen atoms in total. The molecular formula is C17H19NO3. The number of phenols is 1. The van der Waals surface area contributed by atoms with Crippen LogP contribution >= 0.6 is 0 Å². The standard InChI is InChI=1S/C17H19NO3/c1-21-15-8-4-6-12(17(15)20)10-18-16-13-7-3-2-5-11(13)9-14(16)19/h2-8,14,16,18-20H,9-10H2,1H3/t14-,16+/m0/s1. The molecule has 21 heavy (non-hydrogen) atoms.